The Labute approximate surface area is 108 Å². The number of carboxylic acid groups (broad SMARTS) is 1. The summed E-state index contributed by atoms with van der Waals surface area (Å²) in [6.07, 6.45) is 1.59. The van der Waals surface area contributed by atoms with Crippen molar-refractivity contribution in [3.05, 3.63) is 0 Å². The molecule has 1 heterocycles. The quantitative estimate of drug-likeness (QED) is 0.708. The number of carboxylic acids is 1. The molecular formula is C12H23N3O3. The third-order valence-electron chi connectivity index (χ3n) is 3.45. The van der Waals surface area contributed by atoms with Crippen molar-refractivity contribution in [2.75, 3.05) is 26.2 Å². The van der Waals surface area contributed by atoms with Crippen molar-refractivity contribution in [2.24, 2.45) is 5.73 Å². The number of nitrogens with two attached hydrogens (primary N) is 1. The summed E-state index contributed by atoms with van der Waals surface area (Å²) in [6, 6.07) is -0.912. The van der Waals surface area contributed by atoms with Gasteiger partial charge in [0.15, 0.2) is 0 Å². The Balaban J connectivity index is 2.44. The highest BCUT2D eigenvalue weighted by atomic mass is 16.4. The first kappa shape index (κ1) is 14.9. The second-order valence-corrected chi connectivity index (χ2v) is 4.77. The molecule has 0 radical (unpaired) electrons. The van der Waals surface area contributed by atoms with E-state index in [4.69, 9.17) is 10.8 Å². The molecule has 1 rings (SSSR count). The van der Waals surface area contributed by atoms with Gasteiger partial charge < -0.3 is 15.7 Å². The average Bonchev–Trinajstić information content (AvgIpc) is 2.37. The maximum atomic E-state index is 12.0. The normalized spacial score (nSPS) is 20.5. The number of hydrogen-bond donors (Lipinski definition) is 2. The fourth-order valence-corrected chi connectivity index (χ4v) is 2.15. The van der Waals surface area contributed by atoms with E-state index in [2.05, 4.69) is 0 Å². The van der Waals surface area contributed by atoms with Gasteiger partial charge in [0.25, 0.3) is 0 Å². The molecule has 1 aliphatic rings. The van der Waals surface area contributed by atoms with Crippen LogP contribution in [0.25, 0.3) is 0 Å². The first-order valence-corrected chi connectivity index (χ1v) is 6.48. The molecule has 1 saturated heterocycles. The Bertz CT molecular complexity index is 301. The zero-order chi connectivity index (χ0) is 13.7. The number of piperazine rings is 1. The zero-order valence-electron chi connectivity index (χ0n) is 11.1. The molecule has 18 heavy (non-hydrogen) atoms. The topological polar surface area (TPSA) is 86.9 Å². The van der Waals surface area contributed by atoms with Crippen LogP contribution in [0.2, 0.25) is 0 Å². The van der Waals surface area contributed by atoms with E-state index in [-0.39, 0.29) is 5.91 Å². The average molecular weight is 257 g/mol. The summed E-state index contributed by atoms with van der Waals surface area (Å²) in [5, 5.41) is 8.93. The maximum Gasteiger partial charge on any atom is 0.320 e. The van der Waals surface area contributed by atoms with Gasteiger partial charge in [-0.05, 0) is 13.3 Å². The molecule has 1 amide bonds. The first-order valence-electron chi connectivity index (χ1n) is 6.48. The lowest BCUT2D eigenvalue weighted by Gasteiger charge is -2.37. The summed E-state index contributed by atoms with van der Waals surface area (Å²) in [7, 11) is 0. The minimum Gasteiger partial charge on any atom is -0.480 e. The number of carbonyl (C=O) groups is 2. The smallest absolute Gasteiger partial charge is 0.320 e. The lowest BCUT2D eigenvalue weighted by Crippen LogP contribution is -2.55. The van der Waals surface area contributed by atoms with Crippen molar-refractivity contribution < 1.29 is 14.7 Å². The molecule has 104 valence electrons. The van der Waals surface area contributed by atoms with Crippen LogP contribution in [0, 0.1) is 0 Å². The van der Waals surface area contributed by atoms with Crippen molar-refractivity contribution in [3.8, 4) is 0 Å². The summed E-state index contributed by atoms with van der Waals surface area (Å²) in [4.78, 5) is 26.4. The Morgan fingerprint density at radius 3 is 2.28 bits per heavy atom. The number of carbonyl (C=O) groups excluding carboxylic acids is 1. The van der Waals surface area contributed by atoms with Gasteiger partial charge >= 0.3 is 5.97 Å². The molecule has 1 aliphatic heterocycles. The minimum atomic E-state index is -0.822. The molecular weight excluding hydrogens is 234 g/mol. The van der Waals surface area contributed by atoms with Gasteiger partial charge in [0.1, 0.15) is 6.04 Å². The van der Waals surface area contributed by atoms with Crippen LogP contribution in [0.4, 0.5) is 0 Å². The van der Waals surface area contributed by atoms with E-state index in [1.165, 1.54) is 0 Å². The molecule has 3 N–H and O–H groups in total. The van der Waals surface area contributed by atoms with Crippen molar-refractivity contribution in [1.29, 1.82) is 0 Å². The van der Waals surface area contributed by atoms with Crippen LogP contribution >= 0.6 is 0 Å². The van der Waals surface area contributed by atoms with Crippen LogP contribution in [0.15, 0.2) is 0 Å². The summed E-state index contributed by atoms with van der Waals surface area (Å²) in [5.74, 6) is -0.836. The van der Waals surface area contributed by atoms with Crippen molar-refractivity contribution in [2.45, 2.75) is 38.8 Å². The van der Waals surface area contributed by atoms with Gasteiger partial charge in [0, 0.05) is 26.2 Å². The van der Waals surface area contributed by atoms with Crippen LogP contribution in [-0.2, 0) is 9.59 Å². The van der Waals surface area contributed by atoms with Crippen LogP contribution in [0.3, 0.4) is 0 Å². The predicted octanol–water partition coefficient (Wildman–Crippen LogP) is -0.269. The van der Waals surface area contributed by atoms with Crippen LogP contribution in [0.1, 0.15) is 26.7 Å². The van der Waals surface area contributed by atoms with Gasteiger partial charge in [-0.15, -0.1) is 0 Å². The maximum absolute atomic E-state index is 12.0. The third-order valence-corrected chi connectivity index (χ3v) is 3.45. The highest BCUT2D eigenvalue weighted by Crippen LogP contribution is 2.09. The van der Waals surface area contributed by atoms with E-state index in [1.54, 1.807) is 11.8 Å². The minimum absolute atomic E-state index is 0.0144. The molecule has 6 heteroatoms. The largest absolute Gasteiger partial charge is 0.480 e. The molecule has 0 aromatic carbocycles. The van der Waals surface area contributed by atoms with E-state index in [9.17, 15) is 9.59 Å². The lowest BCUT2D eigenvalue weighted by atomic mass is 10.1. The Kier molecular flexibility index (Phi) is 5.55. The number of rotatable bonds is 5. The number of amides is 1. The van der Waals surface area contributed by atoms with Gasteiger partial charge in [0.05, 0.1) is 6.04 Å². The predicted molar refractivity (Wildman–Crippen MR) is 68.1 cm³/mol. The van der Waals surface area contributed by atoms with Gasteiger partial charge in [-0.25, -0.2) is 0 Å². The second kappa shape index (κ2) is 6.70. The van der Waals surface area contributed by atoms with E-state index in [0.717, 1.165) is 6.42 Å². The van der Waals surface area contributed by atoms with Gasteiger partial charge in [-0.2, -0.15) is 0 Å². The molecule has 0 aromatic heterocycles. The van der Waals surface area contributed by atoms with Crippen LogP contribution in [0.5, 0.6) is 0 Å². The SMILES string of the molecule is CCC[C@@H](N)C(=O)N1CCN(C(C)C(=O)O)CC1. The van der Waals surface area contributed by atoms with Crippen molar-refractivity contribution in [1.82, 2.24) is 9.80 Å². The zero-order valence-corrected chi connectivity index (χ0v) is 11.1. The first-order chi connectivity index (χ1) is 8.47. The molecule has 6 nitrogen and oxygen atoms in total. The summed E-state index contributed by atoms with van der Waals surface area (Å²) >= 11 is 0. The molecule has 1 fully saturated rings. The van der Waals surface area contributed by atoms with Gasteiger partial charge in [-0.1, -0.05) is 13.3 Å². The third kappa shape index (κ3) is 3.68. The fraction of sp³-hybridized carbons (Fsp3) is 0.833. The molecule has 1 unspecified atom stereocenters. The molecule has 2 atom stereocenters. The van der Waals surface area contributed by atoms with Crippen molar-refractivity contribution in [3.63, 3.8) is 0 Å². The molecule has 0 bridgehead atoms. The Hall–Kier alpha value is -1.14. The van der Waals surface area contributed by atoms with Gasteiger partial charge in [0.2, 0.25) is 5.91 Å². The fourth-order valence-electron chi connectivity index (χ4n) is 2.15. The number of aliphatic carboxylic acids is 1. The Morgan fingerprint density at radius 2 is 1.83 bits per heavy atom. The van der Waals surface area contributed by atoms with E-state index in [1.807, 2.05) is 11.8 Å². The highest BCUT2D eigenvalue weighted by molar-refractivity contribution is 5.81. The summed E-state index contributed by atoms with van der Waals surface area (Å²) in [5.41, 5.74) is 5.80. The van der Waals surface area contributed by atoms with Crippen molar-refractivity contribution >= 4 is 11.9 Å². The Morgan fingerprint density at radius 1 is 1.28 bits per heavy atom. The van der Waals surface area contributed by atoms with E-state index < -0.39 is 18.1 Å². The number of nitrogens with zero attached hydrogens (tertiary/aromatic N) is 2. The summed E-state index contributed by atoms with van der Waals surface area (Å²) < 4.78 is 0. The highest BCUT2D eigenvalue weighted by Gasteiger charge is 2.28. The van der Waals surface area contributed by atoms with E-state index >= 15 is 0 Å². The lowest BCUT2D eigenvalue weighted by molar-refractivity contribution is -0.144. The molecule has 0 aliphatic carbocycles. The molecule has 0 spiro atoms. The van der Waals surface area contributed by atoms with E-state index in [0.29, 0.717) is 32.6 Å². The van der Waals surface area contributed by atoms with Crippen LogP contribution in [-0.4, -0.2) is 65.0 Å². The van der Waals surface area contributed by atoms with Gasteiger partial charge in [-0.3, -0.25) is 14.5 Å². The monoisotopic (exact) mass is 257 g/mol. The molecule has 0 aromatic rings. The standard InChI is InChI=1S/C12H23N3O3/c1-3-4-10(13)11(16)15-7-5-14(6-8-15)9(2)12(17)18/h9-10H,3-8,13H2,1-2H3,(H,17,18)/t9?,10-/m1/s1. The summed E-state index contributed by atoms with van der Waals surface area (Å²) in [6.45, 7) is 5.99. The second-order valence-electron chi connectivity index (χ2n) is 4.77. The number of hydrogen-bond acceptors (Lipinski definition) is 4. The van der Waals surface area contributed by atoms with Crippen LogP contribution < -0.4 is 5.73 Å². The molecule has 0 saturated carbocycles.